The lowest BCUT2D eigenvalue weighted by Gasteiger charge is -2.14. The second-order valence-electron chi connectivity index (χ2n) is 4.58. The number of rotatable bonds is 6. The Morgan fingerprint density at radius 2 is 2.11 bits per heavy atom. The molecule has 1 aromatic rings. The van der Waals surface area contributed by atoms with E-state index >= 15 is 0 Å². The fraction of sp³-hybridized carbons (Fsp3) is 0.533. The van der Waals surface area contributed by atoms with E-state index in [0.29, 0.717) is 12.2 Å². The number of carbonyl (C=O) groups is 1. The summed E-state index contributed by atoms with van der Waals surface area (Å²) in [4.78, 5) is 12.0. The third kappa shape index (κ3) is 4.06. The number of ether oxygens (including phenoxy) is 1. The monoisotopic (exact) mass is 249 g/mol. The molecule has 1 rings (SSSR count). The van der Waals surface area contributed by atoms with Crippen LogP contribution in [0.2, 0.25) is 0 Å². The minimum atomic E-state index is -0.0119. The van der Waals surface area contributed by atoms with Crippen molar-refractivity contribution in [3.63, 3.8) is 0 Å². The maximum atomic E-state index is 12.0. The smallest absolute Gasteiger partial charge is 0.251 e. The topological polar surface area (TPSA) is 38.3 Å². The molecule has 0 fully saturated rings. The molecule has 3 heteroatoms. The number of benzene rings is 1. The van der Waals surface area contributed by atoms with Crippen LogP contribution in [0, 0.1) is 6.92 Å². The first-order valence-corrected chi connectivity index (χ1v) is 6.62. The highest BCUT2D eigenvalue weighted by atomic mass is 16.5. The summed E-state index contributed by atoms with van der Waals surface area (Å²) in [5.74, 6) is 0.831. The zero-order chi connectivity index (χ0) is 13.5. The number of nitrogens with one attached hydrogen (secondary N) is 1. The normalized spacial score (nSPS) is 12.0. The minimum Gasteiger partial charge on any atom is -0.494 e. The Balaban J connectivity index is 2.72. The molecule has 0 aliphatic rings. The van der Waals surface area contributed by atoms with Gasteiger partial charge in [0.25, 0.3) is 5.91 Å². The molecule has 1 N–H and O–H groups in total. The minimum absolute atomic E-state index is 0.0119. The van der Waals surface area contributed by atoms with Crippen molar-refractivity contribution in [3.8, 4) is 5.75 Å². The van der Waals surface area contributed by atoms with Gasteiger partial charge < -0.3 is 10.1 Å². The average Bonchev–Trinajstić information content (AvgIpc) is 2.32. The molecule has 1 unspecified atom stereocenters. The zero-order valence-corrected chi connectivity index (χ0v) is 11.7. The summed E-state index contributed by atoms with van der Waals surface area (Å²) in [6.07, 6.45) is 2.07. The Hall–Kier alpha value is -1.51. The molecule has 1 amide bonds. The van der Waals surface area contributed by atoms with Crippen molar-refractivity contribution in [2.24, 2.45) is 0 Å². The van der Waals surface area contributed by atoms with Crippen LogP contribution in [0.25, 0.3) is 0 Å². The van der Waals surface area contributed by atoms with Crippen molar-refractivity contribution >= 4 is 5.91 Å². The summed E-state index contributed by atoms with van der Waals surface area (Å²) in [6.45, 7) is 8.69. The molecule has 0 spiro atoms. The van der Waals surface area contributed by atoms with Gasteiger partial charge in [-0.15, -0.1) is 0 Å². The Labute approximate surface area is 110 Å². The van der Waals surface area contributed by atoms with E-state index in [1.165, 1.54) is 0 Å². The first-order valence-electron chi connectivity index (χ1n) is 6.62. The summed E-state index contributed by atoms with van der Waals surface area (Å²) in [6, 6.07) is 5.76. The molecule has 0 aromatic heterocycles. The number of hydrogen-bond acceptors (Lipinski definition) is 2. The standard InChI is InChI=1S/C15H23NO2/c1-5-7-12(4)16-15(17)13-8-9-14(18-6-2)11(3)10-13/h8-10,12H,5-7H2,1-4H3,(H,16,17). The van der Waals surface area contributed by atoms with Crippen LogP contribution in [0.4, 0.5) is 0 Å². The van der Waals surface area contributed by atoms with E-state index in [1.54, 1.807) is 0 Å². The van der Waals surface area contributed by atoms with Crippen molar-refractivity contribution in [2.45, 2.75) is 46.6 Å². The molecular formula is C15H23NO2. The van der Waals surface area contributed by atoms with Gasteiger partial charge in [0, 0.05) is 11.6 Å². The highest BCUT2D eigenvalue weighted by molar-refractivity contribution is 5.94. The average molecular weight is 249 g/mol. The summed E-state index contributed by atoms with van der Waals surface area (Å²) in [5, 5.41) is 3.00. The molecule has 0 bridgehead atoms. The van der Waals surface area contributed by atoms with Gasteiger partial charge in [0.2, 0.25) is 0 Å². The first kappa shape index (κ1) is 14.6. The predicted molar refractivity (Wildman–Crippen MR) is 74.2 cm³/mol. The van der Waals surface area contributed by atoms with Crippen LogP contribution in [-0.4, -0.2) is 18.6 Å². The fourth-order valence-electron chi connectivity index (χ4n) is 1.92. The van der Waals surface area contributed by atoms with E-state index in [1.807, 2.05) is 39.0 Å². The van der Waals surface area contributed by atoms with Crippen LogP contribution in [-0.2, 0) is 0 Å². The summed E-state index contributed by atoms with van der Waals surface area (Å²) >= 11 is 0. The van der Waals surface area contributed by atoms with Gasteiger partial charge in [-0.05, 0) is 51.0 Å². The van der Waals surface area contributed by atoms with Gasteiger partial charge in [-0.2, -0.15) is 0 Å². The van der Waals surface area contributed by atoms with Gasteiger partial charge in [-0.1, -0.05) is 13.3 Å². The quantitative estimate of drug-likeness (QED) is 0.840. The summed E-state index contributed by atoms with van der Waals surface area (Å²) < 4.78 is 5.46. The van der Waals surface area contributed by atoms with Gasteiger partial charge >= 0.3 is 0 Å². The van der Waals surface area contributed by atoms with E-state index in [9.17, 15) is 4.79 Å². The number of amides is 1. The molecule has 3 nitrogen and oxygen atoms in total. The zero-order valence-electron chi connectivity index (χ0n) is 11.7. The van der Waals surface area contributed by atoms with Crippen molar-refractivity contribution in [3.05, 3.63) is 29.3 Å². The molecule has 0 saturated carbocycles. The number of aryl methyl sites for hydroxylation is 1. The largest absolute Gasteiger partial charge is 0.494 e. The third-order valence-corrected chi connectivity index (χ3v) is 2.84. The Morgan fingerprint density at radius 1 is 1.39 bits per heavy atom. The lowest BCUT2D eigenvalue weighted by Crippen LogP contribution is -2.32. The maximum absolute atomic E-state index is 12.0. The second-order valence-corrected chi connectivity index (χ2v) is 4.58. The molecule has 0 aliphatic heterocycles. The van der Waals surface area contributed by atoms with E-state index in [0.717, 1.165) is 24.2 Å². The predicted octanol–water partition coefficient (Wildman–Crippen LogP) is 3.31. The van der Waals surface area contributed by atoms with Crippen molar-refractivity contribution in [2.75, 3.05) is 6.61 Å². The highest BCUT2D eigenvalue weighted by Gasteiger charge is 2.10. The summed E-state index contributed by atoms with van der Waals surface area (Å²) in [7, 11) is 0. The molecule has 0 saturated heterocycles. The van der Waals surface area contributed by atoms with E-state index in [2.05, 4.69) is 12.2 Å². The SMILES string of the molecule is CCCC(C)NC(=O)c1ccc(OCC)c(C)c1. The highest BCUT2D eigenvalue weighted by Crippen LogP contribution is 2.19. The molecule has 0 heterocycles. The van der Waals surface area contributed by atoms with Crippen LogP contribution in [0.5, 0.6) is 5.75 Å². The van der Waals surface area contributed by atoms with Crippen molar-refractivity contribution < 1.29 is 9.53 Å². The van der Waals surface area contributed by atoms with E-state index in [-0.39, 0.29) is 11.9 Å². The van der Waals surface area contributed by atoms with Crippen LogP contribution in [0.3, 0.4) is 0 Å². The Kier molecular flexibility index (Phi) is 5.69. The lowest BCUT2D eigenvalue weighted by molar-refractivity contribution is 0.0938. The van der Waals surface area contributed by atoms with Gasteiger partial charge in [-0.3, -0.25) is 4.79 Å². The van der Waals surface area contributed by atoms with Crippen LogP contribution < -0.4 is 10.1 Å². The first-order chi connectivity index (χ1) is 8.58. The fourth-order valence-corrected chi connectivity index (χ4v) is 1.92. The Bertz CT molecular complexity index is 401. The maximum Gasteiger partial charge on any atom is 0.251 e. The van der Waals surface area contributed by atoms with Crippen molar-refractivity contribution in [1.29, 1.82) is 0 Å². The molecule has 0 aliphatic carbocycles. The van der Waals surface area contributed by atoms with Gasteiger partial charge in [-0.25, -0.2) is 0 Å². The lowest BCUT2D eigenvalue weighted by atomic mass is 10.1. The van der Waals surface area contributed by atoms with Gasteiger partial charge in [0.15, 0.2) is 0 Å². The third-order valence-electron chi connectivity index (χ3n) is 2.84. The number of hydrogen-bond donors (Lipinski definition) is 1. The van der Waals surface area contributed by atoms with Gasteiger partial charge in [0.1, 0.15) is 5.75 Å². The molecule has 1 aromatic carbocycles. The van der Waals surface area contributed by atoms with Crippen LogP contribution in [0.1, 0.15) is 49.5 Å². The van der Waals surface area contributed by atoms with E-state index in [4.69, 9.17) is 4.74 Å². The van der Waals surface area contributed by atoms with Gasteiger partial charge in [0.05, 0.1) is 6.61 Å². The second kappa shape index (κ2) is 7.04. The molecule has 100 valence electrons. The molecule has 18 heavy (non-hydrogen) atoms. The van der Waals surface area contributed by atoms with E-state index < -0.39 is 0 Å². The van der Waals surface area contributed by atoms with Crippen molar-refractivity contribution in [1.82, 2.24) is 5.32 Å². The molecule has 0 radical (unpaired) electrons. The molecule has 1 atom stereocenters. The number of carbonyl (C=O) groups excluding carboxylic acids is 1. The summed E-state index contributed by atoms with van der Waals surface area (Å²) in [5.41, 5.74) is 1.69. The molecular weight excluding hydrogens is 226 g/mol. The van der Waals surface area contributed by atoms with Crippen LogP contribution in [0.15, 0.2) is 18.2 Å². The Morgan fingerprint density at radius 3 is 2.67 bits per heavy atom. The van der Waals surface area contributed by atoms with Crippen LogP contribution >= 0.6 is 0 Å².